The molecule has 0 amide bonds. The number of rotatable bonds is 6. The molecule has 0 saturated heterocycles. The molecule has 0 atom stereocenters. The van der Waals surface area contributed by atoms with Gasteiger partial charge in [-0.15, -0.1) is 0 Å². The molecule has 0 saturated carbocycles. The molecule has 0 unspecified atom stereocenters. The summed E-state index contributed by atoms with van der Waals surface area (Å²) in [6, 6.07) is 8.71. The molecule has 0 aliphatic rings. The summed E-state index contributed by atoms with van der Waals surface area (Å²) in [5.41, 5.74) is 2.02. The molecule has 1 rings (SSSR count). The zero-order valence-electron chi connectivity index (χ0n) is 11.5. The maximum absolute atomic E-state index is 9.58. The highest BCUT2D eigenvalue weighted by Crippen LogP contribution is 2.10. The van der Waals surface area contributed by atoms with Crippen molar-refractivity contribution in [1.82, 2.24) is 5.32 Å². The van der Waals surface area contributed by atoms with Crippen LogP contribution in [0.5, 0.6) is 0 Å². The molecule has 1 aromatic rings. The Kier molecular flexibility index (Phi) is 5.16. The Hall–Kier alpha value is -0.860. The number of hydrogen-bond donors (Lipinski definition) is 2. The Morgan fingerprint density at radius 2 is 1.65 bits per heavy atom. The van der Waals surface area contributed by atoms with E-state index in [-0.39, 0.29) is 0 Å². The van der Waals surface area contributed by atoms with Gasteiger partial charge in [0.25, 0.3) is 0 Å². The first-order valence-electron chi connectivity index (χ1n) is 6.38. The summed E-state index contributed by atoms with van der Waals surface area (Å²) in [5.74, 6) is 0.703. The fourth-order valence-corrected chi connectivity index (χ4v) is 1.78. The Labute approximate surface area is 105 Å². The molecule has 2 N–H and O–H groups in total. The van der Waals surface area contributed by atoms with E-state index in [9.17, 15) is 5.11 Å². The quantitative estimate of drug-likeness (QED) is 0.794. The molecule has 0 radical (unpaired) electrons. The number of hydrogen-bond acceptors (Lipinski definition) is 2. The van der Waals surface area contributed by atoms with E-state index in [0.29, 0.717) is 12.5 Å². The maximum atomic E-state index is 9.58. The van der Waals surface area contributed by atoms with Gasteiger partial charge in [0.1, 0.15) is 0 Å². The highest BCUT2D eigenvalue weighted by atomic mass is 16.3. The van der Waals surface area contributed by atoms with Crippen LogP contribution in [-0.4, -0.2) is 17.3 Å². The molecule has 0 aliphatic carbocycles. The first-order chi connectivity index (χ1) is 7.87. The molecular weight excluding hydrogens is 210 g/mol. The highest BCUT2D eigenvalue weighted by Gasteiger charge is 2.10. The summed E-state index contributed by atoms with van der Waals surface area (Å²) in [4.78, 5) is 0. The van der Waals surface area contributed by atoms with Crippen molar-refractivity contribution in [2.45, 2.75) is 46.3 Å². The second kappa shape index (κ2) is 6.18. The largest absolute Gasteiger partial charge is 0.389 e. The van der Waals surface area contributed by atoms with Gasteiger partial charge >= 0.3 is 0 Å². The van der Waals surface area contributed by atoms with Crippen LogP contribution in [0.3, 0.4) is 0 Å². The second-order valence-corrected chi connectivity index (χ2v) is 5.83. The average Bonchev–Trinajstić information content (AvgIpc) is 2.18. The fourth-order valence-electron chi connectivity index (χ4n) is 1.78. The number of nitrogens with one attached hydrogen (secondary N) is 1. The van der Waals surface area contributed by atoms with Crippen LogP contribution >= 0.6 is 0 Å². The maximum Gasteiger partial charge on any atom is 0.0715 e. The van der Waals surface area contributed by atoms with Gasteiger partial charge in [0.15, 0.2) is 0 Å². The van der Waals surface area contributed by atoms with Crippen LogP contribution in [0.15, 0.2) is 24.3 Å². The van der Waals surface area contributed by atoms with Crippen LogP contribution in [0, 0.1) is 5.92 Å². The van der Waals surface area contributed by atoms with Crippen LogP contribution in [-0.2, 0) is 13.0 Å². The van der Waals surface area contributed by atoms with E-state index in [1.807, 2.05) is 13.8 Å². The minimum Gasteiger partial charge on any atom is -0.389 e. The van der Waals surface area contributed by atoms with Gasteiger partial charge in [0.2, 0.25) is 0 Å². The lowest BCUT2D eigenvalue weighted by molar-refractivity contribution is 0.0795. The van der Waals surface area contributed by atoms with Gasteiger partial charge in [0, 0.05) is 13.1 Å². The third-order valence-electron chi connectivity index (χ3n) is 2.55. The topological polar surface area (TPSA) is 32.3 Å². The lowest BCUT2D eigenvalue weighted by atomic mass is 10.0. The molecule has 0 aromatic heterocycles. The molecule has 0 spiro atoms. The van der Waals surface area contributed by atoms with Crippen LogP contribution < -0.4 is 5.32 Å². The molecule has 2 heteroatoms. The minimum atomic E-state index is -0.641. The van der Waals surface area contributed by atoms with Crippen molar-refractivity contribution >= 4 is 0 Å². The van der Waals surface area contributed by atoms with Gasteiger partial charge in [-0.1, -0.05) is 38.1 Å². The third kappa shape index (κ3) is 6.44. The van der Waals surface area contributed by atoms with Crippen molar-refractivity contribution < 1.29 is 5.11 Å². The van der Waals surface area contributed by atoms with Crippen LogP contribution in [0.25, 0.3) is 0 Å². The zero-order valence-corrected chi connectivity index (χ0v) is 11.5. The predicted molar refractivity (Wildman–Crippen MR) is 73.0 cm³/mol. The third-order valence-corrected chi connectivity index (χ3v) is 2.55. The molecule has 2 nitrogen and oxygen atoms in total. The van der Waals surface area contributed by atoms with Gasteiger partial charge in [-0.05, 0) is 37.3 Å². The van der Waals surface area contributed by atoms with Crippen molar-refractivity contribution in [3.05, 3.63) is 35.4 Å². The Morgan fingerprint density at radius 3 is 2.12 bits per heavy atom. The molecule has 1 aromatic carbocycles. The smallest absolute Gasteiger partial charge is 0.0715 e. The summed E-state index contributed by atoms with van der Waals surface area (Å²) in [5, 5.41) is 12.8. The van der Waals surface area contributed by atoms with E-state index in [1.165, 1.54) is 11.1 Å². The molecule has 0 fully saturated rings. The summed E-state index contributed by atoms with van der Waals surface area (Å²) < 4.78 is 0. The summed E-state index contributed by atoms with van der Waals surface area (Å²) in [6.45, 7) is 9.52. The minimum absolute atomic E-state index is 0.612. The molecular formula is C15H25NO. The van der Waals surface area contributed by atoms with Crippen LogP contribution in [0.4, 0.5) is 0 Å². The van der Waals surface area contributed by atoms with Crippen molar-refractivity contribution in [2.24, 2.45) is 5.92 Å². The highest BCUT2D eigenvalue weighted by molar-refractivity contribution is 5.22. The van der Waals surface area contributed by atoms with E-state index in [2.05, 4.69) is 43.4 Å². The zero-order chi connectivity index (χ0) is 12.9. The standard InChI is InChI=1S/C15H25NO/c1-12(2)9-13-5-7-14(8-6-13)10-16-11-15(3,4)17/h5-8,12,16-17H,9-11H2,1-4H3. The van der Waals surface area contributed by atoms with Gasteiger partial charge in [-0.25, -0.2) is 0 Å². The van der Waals surface area contributed by atoms with E-state index in [4.69, 9.17) is 0 Å². The Morgan fingerprint density at radius 1 is 1.12 bits per heavy atom. The first-order valence-corrected chi connectivity index (χ1v) is 6.38. The van der Waals surface area contributed by atoms with Crippen molar-refractivity contribution in [3.8, 4) is 0 Å². The van der Waals surface area contributed by atoms with Crippen molar-refractivity contribution in [1.29, 1.82) is 0 Å². The van der Waals surface area contributed by atoms with E-state index in [1.54, 1.807) is 0 Å². The lowest BCUT2D eigenvalue weighted by Crippen LogP contribution is -2.34. The predicted octanol–water partition coefficient (Wildman–Crippen LogP) is 2.75. The average molecular weight is 235 g/mol. The van der Waals surface area contributed by atoms with E-state index < -0.39 is 5.60 Å². The molecule has 0 heterocycles. The Balaban J connectivity index is 2.40. The molecule has 17 heavy (non-hydrogen) atoms. The molecule has 0 aliphatic heterocycles. The van der Waals surface area contributed by atoms with Gasteiger partial charge in [0.05, 0.1) is 5.60 Å². The summed E-state index contributed by atoms with van der Waals surface area (Å²) >= 11 is 0. The molecule has 0 bridgehead atoms. The van der Waals surface area contributed by atoms with Crippen molar-refractivity contribution in [2.75, 3.05) is 6.54 Å². The molecule has 96 valence electrons. The van der Waals surface area contributed by atoms with Crippen molar-refractivity contribution in [3.63, 3.8) is 0 Å². The van der Waals surface area contributed by atoms with E-state index in [0.717, 1.165) is 13.0 Å². The van der Waals surface area contributed by atoms with Crippen LogP contribution in [0.1, 0.15) is 38.8 Å². The monoisotopic (exact) mass is 235 g/mol. The second-order valence-electron chi connectivity index (χ2n) is 5.83. The summed E-state index contributed by atoms with van der Waals surface area (Å²) in [7, 11) is 0. The Bertz CT molecular complexity index is 322. The lowest BCUT2D eigenvalue weighted by Gasteiger charge is -2.17. The van der Waals surface area contributed by atoms with Gasteiger partial charge in [-0.2, -0.15) is 0 Å². The van der Waals surface area contributed by atoms with Crippen LogP contribution in [0.2, 0.25) is 0 Å². The first kappa shape index (κ1) is 14.2. The number of benzene rings is 1. The van der Waals surface area contributed by atoms with E-state index >= 15 is 0 Å². The van der Waals surface area contributed by atoms with Gasteiger partial charge < -0.3 is 10.4 Å². The fraction of sp³-hybridized carbons (Fsp3) is 0.600. The SMILES string of the molecule is CC(C)Cc1ccc(CNCC(C)(C)O)cc1. The number of aliphatic hydroxyl groups is 1. The summed E-state index contributed by atoms with van der Waals surface area (Å²) in [6.07, 6.45) is 1.14. The van der Waals surface area contributed by atoms with Gasteiger partial charge in [-0.3, -0.25) is 0 Å². The normalized spacial score (nSPS) is 12.1.